The quantitative estimate of drug-likeness (QED) is 0.537. The molecule has 3 N–H and O–H groups in total. The lowest BCUT2D eigenvalue weighted by atomic mass is 10.2. The van der Waals surface area contributed by atoms with Crippen molar-refractivity contribution in [1.82, 2.24) is 15.6 Å². The molecule has 140 valence electrons. The number of nitrogens with one attached hydrogen (secondary N) is 3. The molecule has 0 unspecified atom stereocenters. The molecule has 6 nitrogen and oxygen atoms in total. The van der Waals surface area contributed by atoms with Crippen LogP contribution in [-0.2, 0) is 4.79 Å². The first-order valence-corrected chi connectivity index (χ1v) is 8.94. The van der Waals surface area contributed by atoms with Gasteiger partial charge in [0.1, 0.15) is 11.4 Å². The normalized spacial score (nSPS) is 10.6. The Hall–Kier alpha value is -3.28. The predicted molar refractivity (Wildman–Crippen MR) is 105 cm³/mol. The van der Waals surface area contributed by atoms with E-state index in [0.29, 0.717) is 31.0 Å². The highest BCUT2D eigenvalue weighted by Gasteiger charge is 2.08. The summed E-state index contributed by atoms with van der Waals surface area (Å²) in [6, 6.07) is 17.1. The van der Waals surface area contributed by atoms with Gasteiger partial charge in [-0.15, -0.1) is 0 Å². The summed E-state index contributed by atoms with van der Waals surface area (Å²) in [5.74, 6) is 0.332. The third kappa shape index (κ3) is 5.34. The van der Waals surface area contributed by atoms with E-state index in [0.717, 1.165) is 16.5 Å². The molecule has 3 rings (SSSR count). The van der Waals surface area contributed by atoms with E-state index in [4.69, 9.17) is 4.74 Å². The van der Waals surface area contributed by atoms with Gasteiger partial charge in [0.15, 0.2) is 6.61 Å². The number of fused-ring (bicyclic) bond motifs is 1. The summed E-state index contributed by atoms with van der Waals surface area (Å²) in [6.07, 6.45) is 0.641. The Morgan fingerprint density at radius 1 is 1.00 bits per heavy atom. The first-order chi connectivity index (χ1) is 13.1. The summed E-state index contributed by atoms with van der Waals surface area (Å²) in [6.45, 7) is 2.92. The van der Waals surface area contributed by atoms with Crippen LogP contribution in [0.5, 0.6) is 5.75 Å². The molecule has 0 saturated heterocycles. The van der Waals surface area contributed by atoms with Crippen LogP contribution < -0.4 is 15.4 Å². The average Bonchev–Trinajstić information content (AvgIpc) is 3.11. The number of H-pyrrole nitrogens is 1. The standard InChI is InChI=1S/C21H23N3O3/c1-15-7-9-17(10-8-15)27-14-20(25)22-11-4-12-23-21(26)19-13-16-5-2-3-6-18(16)24-19/h2-3,5-10,13,24H,4,11-12,14H2,1H3,(H,22,25)(H,23,26). The average molecular weight is 365 g/mol. The number of hydrogen-bond acceptors (Lipinski definition) is 3. The second-order valence-electron chi connectivity index (χ2n) is 6.33. The van der Waals surface area contributed by atoms with Crippen molar-refractivity contribution in [1.29, 1.82) is 0 Å². The zero-order valence-electron chi connectivity index (χ0n) is 15.2. The molecule has 27 heavy (non-hydrogen) atoms. The van der Waals surface area contributed by atoms with Gasteiger partial charge in [-0.1, -0.05) is 35.9 Å². The summed E-state index contributed by atoms with van der Waals surface area (Å²) >= 11 is 0. The highest BCUT2D eigenvalue weighted by molar-refractivity contribution is 5.97. The van der Waals surface area contributed by atoms with E-state index in [-0.39, 0.29) is 18.4 Å². The van der Waals surface area contributed by atoms with Gasteiger partial charge in [0.2, 0.25) is 0 Å². The van der Waals surface area contributed by atoms with Crippen LogP contribution in [0.3, 0.4) is 0 Å². The Balaban J connectivity index is 1.32. The third-order valence-electron chi connectivity index (χ3n) is 4.13. The molecular formula is C21H23N3O3. The predicted octanol–water partition coefficient (Wildman–Crippen LogP) is 2.79. The third-order valence-corrected chi connectivity index (χ3v) is 4.13. The van der Waals surface area contributed by atoms with E-state index >= 15 is 0 Å². The minimum Gasteiger partial charge on any atom is -0.484 e. The van der Waals surface area contributed by atoms with E-state index in [1.54, 1.807) is 0 Å². The summed E-state index contributed by atoms with van der Waals surface area (Å²) in [4.78, 5) is 27.0. The monoisotopic (exact) mass is 365 g/mol. The molecule has 0 atom stereocenters. The lowest BCUT2D eigenvalue weighted by Gasteiger charge is -2.08. The van der Waals surface area contributed by atoms with Crippen molar-refractivity contribution in [3.63, 3.8) is 0 Å². The smallest absolute Gasteiger partial charge is 0.267 e. The summed E-state index contributed by atoms with van der Waals surface area (Å²) in [5.41, 5.74) is 2.61. The minimum absolute atomic E-state index is 0.0233. The van der Waals surface area contributed by atoms with Gasteiger partial charge in [-0.3, -0.25) is 9.59 Å². The van der Waals surface area contributed by atoms with Crippen molar-refractivity contribution in [3.8, 4) is 5.75 Å². The van der Waals surface area contributed by atoms with Crippen molar-refractivity contribution >= 4 is 22.7 Å². The second-order valence-corrected chi connectivity index (χ2v) is 6.33. The van der Waals surface area contributed by atoms with Crippen molar-refractivity contribution < 1.29 is 14.3 Å². The van der Waals surface area contributed by atoms with Crippen LogP contribution >= 0.6 is 0 Å². The Morgan fingerprint density at radius 3 is 2.52 bits per heavy atom. The number of carbonyl (C=O) groups excluding carboxylic acids is 2. The molecule has 0 saturated carbocycles. The van der Waals surface area contributed by atoms with E-state index in [9.17, 15) is 9.59 Å². The molecule has 0 bridgehead atoms. The first-order valence-electron chi connectivity index (χ1n) is 8.94. The lowest BCUT2D eigenvalue weighted by molar-refractivity contribution is -0.123. The van der Waals surface area contributed by atoms with Gasteiger partial charge in [0.25, 0.3) is 11.8 Å². The number of ether oxygens (including phenoxy) is 1. The molecule has 0 aliphatic carbocycles. The SMILES string of the molecule is Cc1ccc(OCC(=O)NCCCNC(=O)c2cc3ccccc3[nH]2)cc1. The molecule has 2 amide bonds. The molecule has 6 heteroatoms. The minimum atomic E-state index is -0.183. The molecule has 0 spiro atoms. The summed E-state index contributed by atoms with van der Waals surface area (Å²) in [7, 11) is 0. The number of aromatic nitrogens is 1. The number of hydrogen-bond donors (Lipinski definition) is 3. The second kappa shape index (κ2) is 8.89. The molecular weight excluding hydrogens is 342 g/mol. The molecule has 2 aromatic carbocycles. The highest BCUT2D eigenvalue weighted by atomic mass is 16.5. The van der Waals surface area contributed by atoms with E-state index in [2.05, 4.69) is 15.6 Å². The Bertz CT molecular complexity index is 883. The Kier molecular flexibility index (Phi) is 6.10. The highest BCUT2D eigenvalue weighted by Crippen LogP contribution is 2.14. The Morgan fingerprint density at radius 2 is 1.74 bits per heavy atom. The summed E-state index contributed by atoms with van der Waals surface area (Å²) < 4.78 is 5.42. The zero-order valence-corrected chi connectivity index (χ0v) is 15.2. The van der Waals surface area contributed by atoms with Gasteiger partial charge in [-0.2, -0.15) is 0 Å². The maximum Gasteiger partial charge on any atom is 0.267 e. The lowest BCUT2D eigenvalue weighted by Crippen LogP contribution is -2.32. The van der Waals surface area contributed by atoms with Gasteiger partial charge in [0, 0.05) is 24.0 Å². The number of para-hydroxylation sites is 1. The number of amides is 2. The molecule has 0 fully saturated rings. The zero-order chi connectivity index (χ0) is 19.1. The van der Waals surface area contributed by atoms with Crippen LogP contribution in [0.1, 0.15) is 22.5 Å². The molecule has 0 aliphatic heterocycles. The van der Waals surface area contributed by atoms with Crippen LogP contribution in [0.15, 0.2) is 54.6 Å². The van der Waals surface area contributed by atoms with Gasteiger partial charge in [-0.25, -0.2) is 0 Å². The molecule has 3 aromatic rings. The first kappa shape index (κ1) is 18.5. The topological polar surface area (TPSA) is 83.2 Å². The molecule has 0 aliphatic rings. The largest absolute Gasteiger partial charge is 0.484 e. The van der Waals surface area contributed by atoms with Crippen molar-refractivity contribution in [2.24, 2.45) is 0 Å². The van der Waals surface area contributed by atoms with Gasteiger partial charge >= 0.3 is 0 Å². The summed E-state index contributed by atoms with van der Waals surface area (Å²) in [5, 5.41) is 6.62. The van der Waals surface area contributed by atoms with Crippen LogP contribution in [0.2, 0.25) is 0 Å². The number of aryl methyl sites for hydroxylation is 1. The Labute approximate surface area is 157 Å². The van der Waals surface area contributed by atoms with Crippen LogP contribution in [0, 0.1) is 6.92 Å². The number of rotatable bonds is 8. The fourth-order valence-electron chi connectivity index (χ4n) is 2.64. The number of aromatic amines is 1. The molecule has 1 aromatic heterocycles. The van der Waals surface area contributed by atoms with Crippen molar-refractivity contribution in [3.05, 3.63) is 65.9 Å². The van der Waals surface area contributed by atoms with Gasteiger partial charge in [0.05, 0.1) is 0 Å². The number of carbonyl (C=O) groups is 2. The van der Waals surface area contributed by atoms with Crippen LogP contribution in [0.4, 0.5) is 0 Å². The van der Waals surface area contributed by atoms with E-state index in [1.165, 1.54) is 0 Å². The number of benzene rings is 2. The van der Waals surface area contributed by atoms with E-state index in [1.807, 2.05) is 61.5 Å². The van der Waals surface area contributed by atoms with Crippen molar-refractivity contribution in [2.45, 2.75) is 13.3 Å². The van der Waals surface area contributed by atoms with Gasteiger partial charge < -0.3 is 20.4 Å². The van der Waals surface area contributed by atoms with Crippen LogP contribution in [-0.4, -0.2) is 36.5 Å². The maximum absolute atomic E-state index is 12.1. The fraction of sp³-hybridized carbons (Fsp3) is 0.238. The van der Waals surface area contributed by atoms with Crippen molar-refractivity contribution in [2.75, 3.05) is 19.7 Å². The molecule has 1 heterocycles. The van der Waals surface area contributed by atoms with Gasteiger partial charge in [-0.05, 0) is 37.6 Å². The maximum atomic E-state index is 12.1. The fourth-order valence-corrected chi connectivity index (χ4v) is 2.64. The van der Waals surface area contributed by atoms with Crippen LogP contribution in [0.25, 0.3) is 10.9 Å². The molecule has 0 radical (unpaired) electrons. The van der Waals surface area contributed by atoms with E-state index < -0.39 is 0 Å².